The first-order valence-corrected chi connectivity index (χ1v) is 10.8. The second-order valence-electron chi connectivity index (χ2n) is 7.33. The van der Waals surface area contributed by atoms with Crippen LogP contribution in [0.4, 0.5) is 11.4 Å². The van der Waals surface area contributed by atoms with Crippen molar-refractivity contribution in [2.45, 2.75) is 50.8 Å². The topological polar surface area (TPSA) is 75.3 Å². The summed E-state index contributed by atoms with van der Waals surface area (Å²) in [6.45, 7) is 3.92. The van der Waals surface area contributed by atoms with Crippen molar-refractivity contribution in [1.29, 1.82) is 0 Å². The van der Waals surface area contributed by atoms with E-state index < -0.39 is 10.0 Å². The Morgan fingerprint density at radius 2 is 1.59 bits per heavy atom. The summed E-state index contributed by atoms with van der Waals surface area (Å²) in [5, 5.41) is 2.86. The number of hydrogen-bond donors (Lipinski definition) is 2. The molecule has 0 radical (unpaired) electrons. The lowest BCUT2D eigenvalue weighted by Crippen LogP contribution is -2.16. The van der Waals surface area contributed by atoms with Gasteiger partial charge < -0.3 is 5.32 Å². The average Bonchev–Trinajstić information content (AvgIpc) is 3.11. The molecule has 2 aromatic rings. The van der Waals surface area contributed by atoms with Crippen LogP contribution in [0.2, 0.25) is 0 Å². The van der Waals surface area contributed by atoms with Gasteiger partial charge in [0.25, 0.3) is 10.0 Å². The van der Waals surface area contributed by atoms with Crippen LogP contribution in [0.1, 0.15) is 43.2 Å². The summed E-state index contributed by atoms with van der Waals surface area (Å²) in [6.07, 6.45) is 5.19. The molecule has 0 aliphatic heterocycles. The van der Waals surface area contributed by atoms with Crippen molar-refractivity contribution < 1.29 is 13.2 Å². The minimum absolute atomic E-state index is 0.00855. The standard InChI is InChI=1S/C21H26N2O3S/c1-15-7-8-19(13-16(15)2)23-27(25,26)20-11-9-18(10-12-20)22-21(24)14-17-5-3-4-6-17/h7-13,17,23H,3-6,14H2,1-2H3,(H,22,24). The number of carbonyl (C=O) groups is 1. The van der Waals surface area contributed by atoms with Crippen LogP contribution in [0.15, 0.2) is 47.4 Å². The molecule has 1 amide bonds. The summed E-state index contributed by atoms with van der Waals surface area (Å²) in [6, 6.07) is 11.7. The normalized spacial score (nSPS) is 14.9. The Morgan fingerprint density at radius 1 is 0.963 bits per heavy atom. The molecule has 1 aliphatic rings. The molecule has 0 saturated heterocycles. The lowest BCUT2D eigenvalue weighted by atomic mass is 10.0. The maximum atomic E-state index is 12.6. The van der Waals surface area contributed by atoms with Gasteiger partial charge in [0.2, 0.25) is 5.91 Å². The third kappa shape index (κ3) is 5.10. The molecule has 0 unspecified atom stereocenters. The Balaban J connectivity index is 1.64. The second kappa shape index (κ2) is 8.13. The van der Waals surface area contributed by atoms with E-state index in [9.17, 15) is 13.2 Å². The fraction of sp³-hybridized carbons (Fsp3) is 0.381. The molecule has 144 valence electrons. The van der Waals surface area contributed by atoms with E-state index in [0.29, 0.717) is 23.7 Å². The van der Waals surface area contributed by atoms with Gasteiger partial charge in [-0.25, -0.2) is 8.42 Å². The van der Waals surface area contributed by atoms with Crippen LogP contribution in [0.25, 0.3) is 0 Å². The van der Waals surface area contributed by atoms with Gasteiger partial charge in [0.15, 0.2) is 0 Å². The van der Waals surface area contributed by atoms with Gasteiger partial charge in [-0.15, -0.1) is 0 Å². The Morgan fingerprint density at radius 3 is 2.22 bits per heavy atom. The van der Waals surface area contributed by atoms with Crippen LogP contribution in [-0.2, 0) is 14.8 Å². The smallest absolute Gasteiger partial charge is 0.261 e. The van der Waals surface area contributed by atoms with Crippen molar-refractivity contribution >= 4 is 27.3 Å². The number of hydrogen-bond acceptors (Lipinski definition) is 3. The van der Waals surface area contributed by atoms with Crippen molar-refractivity contribution in [3.8, 4) is 0 Å². The SMILES string of the molecule is Cc1ccc(NS(=O)(=O)c2ccc(NC(=O)CC3CCCC3)cc2)cc1C. The van der Waals surface area contributed by atoms with Gasteiger partial charge in [-0.05, 0) is 80.1 Å². The number of rotatable bonds is 6. The molecule has 1 fully saturated rings. The van der Waals surface area contributed by atoms with Crippen molar-refractivity contribution in [2.24, 2.45) is 5.92 Å². The summed E-state index contributed by atoms with van der Waals surface area (Å²) >= 11 is 0. The van der Waals surface area contributed by atoms with E-state index in [2.05, 4.69) is 10.0 Å². The van der Waals surface area contributed by atoms with Gasteiger partial charge in [0.1, 0.15) is 0 Å². The van der Waals surface area contributed by atoms with Crippen LogP contribution in [0, 0.1) is 19.8 Å². The van der Waals surface area contributed by atoms with Crippen LogP contribution in [0.3, 0.4) is 0 Å². The summed E-state index contributed by atoms with van der Waals surface area (Å²) in [4.78, 5) is 12.3. The fourth-order valence-electron chi connectivity index (χ4n) is 3.43. The quantitative estimate of drug-likeness (QED) is 0.760. The highest BCUT2D eigenvalue weighted by atomic mass is 32.2. The highest BCUT2D eigenvalue weighted by Gasteiger charge is 2.19. The molecular weight excluding hydrogens is 360 g/mol. The van der Waals surface area contributed by atoms with E-state index >= 15 is 0 Å². The number of anilines is 2. The van der Waals surface area contributed by atoms with E-state index in [0.717, 1.165) is 24.0 Å². The number of benzene rings is 2. The van der Waals surface area contributed by atoms with Crippen molar-refractivity contribution in [1.82, 2.24) is 0 Å². The van der Waals surface area contributed by atoms with Gasteiger partial charge in [-0.2, -0.15) is 0 Å². The van der Waals surface area contributed by atoms with Gasteiger partial charge in [-0.1, -0.05) is 18.9 Å². The monoisotopic (exact) mass is 386 g/mol. The summed E-state index contributed by atoms with van der Waals surface area (Å²) in [5.41, 5.74) is 3.28. The molecule has 6 heteroatoms. The van der Waals surface area contributed by atoms with Crippen LogP contribution >= 0.6 is 0 Å². The van der Waals surface area contributed by atoms with Crippen molar-refractivity contribution in [2.75, 3.05) is 10.0 Å². The summed E-state index contributed by atoms with van der Waals surface area (Å²) in [7, 11) is -3.67. The number of amides is 1. The van der Waals surface area contributed by atoms with Crippen LogP contribution in [0.5, 0.6) is 0 Å². The van der Waals surface area contributed by atoms with Gasteiger partial charge in [0, 0.05) is 17.8 Å². The van der Waals surface area contributed by atoms with E-state index in [1.165, 1.54) is 25.0 Å². The Kier molecular flexibility index (Phi) is 5.85. The van der Waals surface area contributed by atoms with Gasteiger partial charge in [-0.3, -0.25) is 9.52 Å². The van der Waals surface area contributed by atoms with Crippen LogP contribution < -0.4 is 10.0 Å². The number of carbonyl (C=O) groups excluding carboxylic acids is 1. The molecular formula is C21H26N2O3S. The van der Waals surface area contributed by atoms with E-state index in [-0.39, 0.29) is 10.8 Å². The van der Waals surface area contributed by atoms with Crippen LogP contribution in [-0.4, -0.2) is 14.3 Å². The van der Waals surface area contributed by atoms with E-state index in [1.54, 1.807) is 18.2 Å². The molecule has 1 saturated carbocycles. The molecule has 0 aromatic heterocycles. The minimum atomic E-state index is -3.67. The molecule has 2 N–H and O–H groups in total. The minimum Gasteiger partial charge on any atom is -0.326 e. The third-order valence-electron chi connectivity index (χ3n) is 5.16. The predicted octanol–water partition coefficient (Wildman–Crippen LogP) is 4.62. The zero-order chi connectivity index (χ0) is 19.4. The molecule has 0 bridgehead atoms. The molecule has 0 atom stereocenters. The second-order valence-corrected chi connectivity index (χ2v) is 9.01. The molecule has 3 rings (SSSR count). The van der Waals surface area contributed by atoms with Crippen molar-refractivity contribution in [3.63, 3.8) is 0 Å². The maximum absolute atomic E-state index is 12.6. The van der Waals surface area contributed by atoms with Gasteiger partial charge in [0.05, 0.1) is 4.90 Å². The first kappa shape index (κ1) is 19.4. The Hall–Kier alpha value is -2.34. The molecule has 27 heavy (non-hydrogen) atoms. The first-order valence-electron chi connectivity index (χ1n) is 9.33. The number of sulfonamides is 1. The number of aryl methyl sites for hydroxylation is 2. The number of nitrogens with one attached hydrogen (secondary N) is 2. The largest absolute Gasteiger partial charge is 0.326 e. The lowest BCUT2D eigenvalue weighted by Gasteiger charge is -2.12. The highest BCUT2D eigenvalue weighted by molar-refractivity contribution is 7.92. The Bertz CT molecular complexity index is 915. The van der Waals surface area contributed by atoms with Crippen molar-refractivity contribution in [3.05, 3.63) is 53.6 Å². The summed E-state index contributed by atoms with van der Waals surface area (Å²) < 4.78 is 27.7. The van der Waals surface area contributed by atoms with E-state index in [1.807, 2.05) is 26.0 Å². The molecule has 0 heterocycles. The first-order chi connectivity index (χ1) is 12.8. The molecule has 1 aliphatic carbocycles. The fourth-order valence-corrected chi connectivity index (χ4v) is 4.47. The molecule has 0 spiro atoms. The van der Waals surface area contributed by atoms with E-state index in [4.69, 9.17) is 0 Å². The van der Waals surface area contributed by atoms with Gasteiger partial charge >= 0.3 is 0 Å². The Labute approximate surface area is 161 Å². The zero-order valence-electron chi connectivity index (χ0n) is 15.8. The highest BCUT2D eigenvalue weighted by Crippen LogP contribution is 2.28. The molecule has 2 aromatic carbocycles. The predicted molar refractivity (Wildman–Crippen MR) is 108 cm³/mol. The zero-order valence-corrected chi connectivity index (χ0v) is 16.6. The lowest BCUT2D eigenvalue weighted by molar-refractivity contribution is -0.117. The maximum Gasteiger partial charge on any atom is 0.261 e. The third-order valence-corrected chi connectivity index (χ3v) is 6.55. The molecule has 5 nitrogen and oxygen atoms in total. The summed E-state index contributed by atoms with van der Waals surface area (Å²) in [5.74, 6) is 0.470. The average molecular weight is 387 g/mol.